The van der Waals surface area contributed by atoms with Gasteiger partial charge >= 0.3 is 0 Å². The van der Waals surface area contributed by atoms with E-state index in [1.807, 2.05) is 5.57 Å². The van der Waals surface area contributed by atoms with E-state index in [2.05, 4.69) is 59.8 Å². The molecular formula is C27H44. The highest BCUT2D eigenvalue weighted by atomic mass is 14.6. The second-order valence-corrected chi connectivity index (χ2v) is 11.7. The molecule has 3 saturated carbocycles. The highest BCUT2D eigenvalue weighted by Crippen LogP contribution is 2.67. The van der Waals surface area contributed by atoms with Crippen molar-refractivity contribution in [3.05, 3.63) is 23.8 Å². The third-order valence-corrected chi connectivity index (χ3v) is 10.2. The summed E-state index contributed by atoms with van der Waals surface area (Å²) in [5.41, 5.74) is 3.12. The molecule has 0 radical (unpaired) electrons. The fourth-order valence-electron chi connectivity index (χ4n) is 7.99. The molecule has 4 aliphatic carbocycles. The summed E-state index contributed by atoms with van der Waals surface area (Å²) in [7, 11) is 0. The van der Waals surface area contributed by atoms with Crippen LogP contribution in [-0.4, -0.2) is 0 Å². The van der Waals surface area contributed by atoms with E-state index >= 15 is 0 Å². The number of rotatable bonds is 4. The van der Waals surface area contributed by atoms with Gasteiger partial charge in [0.2, 0.25) is 0 Å². The van der Waals surface area contributed by atoms with Crippen LogP contribution in [0.4, 0.5) is 0 Å². The van der Waals surface area contributed by atoms with Crippen molar-refractivity contribution in [3.8, 4) is 0 Å². The van der Waals surface area contributed by atoms with Crippen LogP contribution in [0.1, 0.15) is 92.9 Å². The van der Waals surface area contributed by atoms with E-state index in [1.165, 1.54) is 51.4 Å². The Morgan fingerprint density at radius 1 is 0.889 bits per heavy atom. The first-order chi connectivity index (χ1) is 12.8. The van der Waals surface area contributed by atoms with Crippen molar-refractivity contribution in [2.24, 2.45) is 52.3 Å². The van der Waals surface area contributed by atoms with Gasteiger partial charge in [0.05, 0.1) is 0 Å². The minimum Gasteiger partial charge on any atom is -0.0852 e. The fraction of sp³-hybridized carbons (Fsp3) is 0.852. The van der Waals surface area contributed by atoms with E-state index in [0.717, 1.165) is 35.5 Å². The second-order valence-electron chi connectivity index (χ2n) is 11.7. The van der Waals surface area contributed by atoms with Gasteiger partial charge in [-0.2, -0.15) is 0 Å². The molecule has 4 aliphatic rings. The normalized spacial score (nSPS) is 46.1. The Bertz CT molecular complexity index is 610. The predicted octanol–water partition coefficient (Wildman–Crippen LogP) is 8.05. The lowest BCUT2D eigenvalue weighted by Gasteiger charge is -2.54. The number of hydrogen-bond acceptors (Lipinski definition) is 0. The Morgan fingerprint density at radius 3 is 2.37 bits per heavy atom. The van der Waals surface area contributed by atoms with Crippen molar-refractivity contribution in [1.29, 1.82) is 0 Å². The average Bonchev–Trinajstić information content (AvgIpc) is 3.18. The minimum atomic E-state index is 0.551. The molecule has 0 saturated heterocycles. The van der Waals surface area contributed by atoms with Gasteiger partial charge in [0, 0.05) is 0 Å². The first kappa shape index (κ1) is 19.8. The van der Waals surface area contributed by atoms with Crippen molar-refractivity contribution in [2.45, 2.75) is 92.9 Å². The Balaban J connectivity index is 1.54. The maximum Gasteiger partial charge on any atom is -0.0143 e. The lowest BCUT2D eigenvalue weighted by molar-refractivity contribution is 0.0314. The highest BCUT2D eigenvalue weighted by Gasteiger charge is 2.57. The fourth-order valence-corrected chi connectivity index (χ4v) is 7.99. The third kappa shape index (κ3) is 3.08. The zero-order chi connectivity index (χ0) is 19.4. The van der Waals surface area contributed by atoms with Gasteiger partial charge in [0.1, 0.15) is 0 Å². The van der Waals surface area contributed by atoms with Gasteiger partial charge in [-0.05, 0) is 97.2 Å². The van der Waals surface area contributed by atoms with Gasteiger partial charge in [-0.3, -0.25) is 0 Å². The van der Waals surface area contributed by atoms with Gasteiger partial charge in [-0.25, -0.2) is 0 Å². The lowest BCUT2D eigenvalue weighted by Crippen LogP contribution is -2.45. The van der Waals surface area contributed by atoms with E-state index in [4.69, 9.17) is 0 Å². The first-order valence-electron chi connectivity index (χ1n) is 12.2. The molecule has 0 bridgehead atoms. The number of allylic oxidation sites excluding steroid dienone is 4. The Kier molecular flexibility index (Phi) is 5.18. The van der Waals surface area contributed by atoms with Crippen molar-refractivity contribution in [2.75, 3.05) is 0 Å². The van der Waals surface area contributed by atoms with Crippen LogP contribution in [0.15, 0.2) is 23.8 Å². The van der Waals surface area contributed by atoms with Crippen molar-refractivity contribution >= 4 is 0 Å². The average molecular weight is 369 g/mol. The summed E-state index contributed by atoms with van der Waals surface area (Å²) in [5, 5.41) is 0. The van der Waals surface area contributed by atoms with Crippen molar-refractivity contribution in [1.82, 2.24) is 0 Å². The van der Waals surface area contributed by atoms with Gasteiger partial charge in [-0.1, -0.05) is 71.8 Å². The van der Waals surface area contributed by atoms with Crippen LogP contribution in [-0.2, 0) is 0 Å². The number of fused-ring (bicyclic) bond motifs is 5. The summed E-state index contributed by atoms with van der Waals surface area (Å²) >= 11 is 0. The molecule has 0 N–H and O–H groups in total. The van der Waals surface area contributed by atoms with Crippen molar-refractivity contribution in [3.63, 3.8) is 0 Å². The van der Waals surface area contributed by atoms with E-state index in [0.29, 0.717) is 16.7 Å². The largest absolute Gasteiger partial charge is 0.0852 e. The zero-order valence-corrected chi connectivity index (χ0v) is 18.9. The third-order valence-electron chi connectivity index (χ3n) is 10.2. The molecule has 0 aliphatic heterocycles. The van der Waals surface area contributed by atoms with Crippen LogP contribution in [0.2, 0.25) is 0 Å². The standard InChI is InChI=1S/C27H44/c1-18(2)19(3)9-10-20(4)23-13-14-24-22-12-11-21-8-7-16-26(21,5)25(22)15-17-27(23,24)6/h9-10,12,18-21,23-25H,7-8,11,13-17H2,1-6H3/b10-9+/t19-,20+,21-,23-,24+,25+,26+,27-/m0/s1. The SMILES string of the molecule is CC(C)[C@@H](C)/C=C/[C@@H](C)[C@@H]1CC[C@@H]2C3=CC[C@@H]4CCC[C@@]4(C)[C@@H]3CC[C@]21C. The Morgan fingerprint density at radius 2 is 1.63 bits per heavy atom. The molecule has 0 unspecified atom stereocenters. The second kappa shape index (κ2) is 7.07. The van der Waals surface area contributed by atoms with Crippen LogP contribution in [0.3, 0.4) is 0 Å². The molecule has 0 nitrogen and oxygen atoms in total. The molecule has 0 amide bonds. The van der Waals surface area contributed by atoms with Crippen LogP contribution in [0, 0.1) is 52.3 Å². The lowest BCUT2D eigenvalue weighted by atomic mass is 9.51. The maximum atomic E-state index is 2.76. The molecule has 0 heteroatoms. The Labute approximate surface area is 169 Å². The molecule has 0 heterocycles. The van der Waals surface area contributed by atoms with Crippen molar-refractivity contribution < 1.29 is 0 Å². The highest BCUT2D eigenvalue weighted by molar-refractivity contribution is 5.28. The molecule has 0 spiro atoms. The molecule has 152 valence electrons. The van der Waals surface area contributed by atoms with E-state index < -0.39 is 0 Å². The van der Waals surface area contributed by atoms with Gasteiger partial charge < -0.3 is 0 Å². The van der Waals surface area contributed by atoms with Crippen LogP contribution in [0.5, 0.6) is 0 Å². The van der Waals surface area contributed by atoms with E-state index in [9.17, 15) is 0 Å². The maximum absolute atomic E-state index is 2.76. The molecule has 27 heavy (non-hydrogen) atoms. The van der Waals surface area contributed by atoms with E-state index in [-0.39, 0.29) is 0 Å². The molecule has 0 aromatic carbocycles. The summed E-state index contributed by atoms with van der Waals surface area (Å²) in [6.45, 7) is 14.9. The minimum absolute atomic E-state index is 0.551. The smallest absolute Gasteiger partial charge is 0.0143 e. The molecule has 8 atom stereocenters. The van der Waals surface area contributed by atoms with Crippen LogP contribution < -0.4 is 0 Å². The monoisotopic (exact) mass is 368 g/mol. The topological polar surface area (TPSA) is 0 Å². The van der Waals surface area contributed by atoms with Crippen LogP contribution >= 0.6 is 0 Å². The summed E-state index contributed by atoms with van der Waals surface area (Å²) < 4.78 is 0. The summed E-state index contributed by atoms with van der Waals surface area (Å²) in [4.78, 5) is 0. The van der Waals surface area contributed by atoms with E-state index in [1.54, 1.807) is 0 Å². The first-order valence-corrected chi connectivity index (χ1v) is 12.2. The van der Waals surface area contributed by atoms with Gasteiger partial charge in [0.25, 0.3) is 0 Å². The zero-order valence-electron chi connectivity index (χ0n) is 18.9. The summed E-state index contributed by atoms with van der Waals surface area (Å²) in [6, 6.07) is 0. The molecular weight excluding hydrogens is 324 g/mol. The Hall–Kier alpha value is -0.520. The van der Waals surface area contributed by atoms with Gasteiger partial charge in [0.15, 0.2) is 0 Å². The summed E-state index contributed by atoms with van der Waals surface area (Å²) in [6.07, 6.45) is 19.6. The quantitative estimate of drug-likeness (QED) is 0.440. The summed E-state index contributed by atoms with van der Waals surface area (Å²) in [5.74, 6) is 5.87. The molecule has 3 fully saturated rings. The molecule has 4 rings (SSSR count). The van der Waals surface area contributed by atoms with Crippen LogP contribution in [0.25, 0.3) is 0 Å². The predicted molar refractivity (Wildman–Crippen MR) is 117 cm³/mol. The van der Waals surface area contributed by atoms with Gasteiger partial charge in [-0.15, -0.1) is 0 Å². The number of hydrogen-bond donors (Lipinski definition) is 0. The molecule has 0 aromatic heterocycles. The molecule has 0 aromatic rings.